The van der Waals surface area contributed by atoms with Crippen molar-refractivity contribution in [2.45, 2.75) is 27.2 Å². The zero-order chi connectivity index (χ0) is 20.0. The number of aromatic nitrogens is 2. The molecule has 6 nitrogen and oxygen atoms in total. The van der Waals surface area contributed by atoms with Crippen LogP contribution in [0.25, 0.3) is 11.8 Å². The number of amides is 1. The van der Waals surface area contributed by atoms with Gasteiger partial charge in [0.1, 0.15) is 16.8 Å². The van der Waals surface area contributed by atoms with Crippen molar-refractivity contribution >= 4 is 23.6 Å². The van der Waals surface area contributed by atoms with Crippen LogP contribution in [0.5, 0.6) is 0 Å². The van der Waals surface area contributed by atoms with Gasteiger partial charge in [0.15, 0.2) is 0 Å². The van der Waals surface area contributed by atoms with Gasteiger partial charge < -0.3 is 10.1 Å². The van der Waals surface area contributed by atoms with E-state index in [2.05, 4.69) is 10.4 Å². The fraction of sp³-hybridized carbons (Fsp3) is 0.350. The lowest BCUT2D eigenvalue weighted by Gasteiger charge is -2.08. The van der Waals surface area contributed by atoms with Crippen molar-refractivity contribution < 1.29 is 9.53 Å². The molecular formula is C20H23ClN4O2. The largest absolute Gasteiger partial charge is 0.385 e. The van der Waals surface area contributed by atoms with E-state index >= 15 is 0 Å². The topological polar surface area (TPSA) is 79.9 Å². The van der Waals surface area contributed by atoms with Gasteiger partial charge in [-0.1, -0.05) is 23.7 Å². The Labute approximate surface area is 164 Å². The molecule has 1 aromatic heterocycles. The van der Waals surface area contributed by atoms with Gasteiger partial charge >= 0.3 is 0 Å². The number of methoxy groups -OCH3 is 1. The van der Waals surface area contributed by atoms with Gasteiger partial charge in [-0.25, -0.2) is 4.68 Å². The Balaban J connectivity index is 2.34. The Bertz CT molecular complexity index is 909. The fourth-order valence-corrected chi connectivity index (χ4v) is 2.91. The van der Waals surface area contributed by atoms with Gasteiger partial charge in [0, 0.05) is 25.8 Å². The van der Waals surface area contributed by atoms with E-state index < -0.39 is 5.91 Å². The van der Waals surface area contributed by atoms with Crippen LogP contribution in [0.15, 0.2) is 23.8 Å². The van der Waals surface area contributed by atoms with Gasteiger partial charge in [-0.05, 0) is 50.5 Å². The number of hydrogen-bond acceptors (Lipinski definition) is 4. The number of rotatable bonds is 7. The van der Waals surface area contributed by atoms with E-state index in [1.165, 1.54) is 6.08 Å². The summed E-state index contributed by atoms with van der Waals surface area (Å²) in [5.41, 5.74) is 4.16. The minimum absolute atomic E-state index is 0.0158. The summed E-state index contributed by atoms with van der Waals surface area (Å²) >= 11 is 6.54. The second kappa shape index (κ2) is 9.36. The van der Waals surface area contributed by atoms with Gasteiger partial charge in [-0.15, -0.1) is 0 Å². The summed E-state index contributed by atoms with van der Waals surface area (Å²) in [5, 5.41) is 16.9. The van der Waals surface area contributed by atoms with Crippen LogP contribution in [-0.4, -0.2) is 35.9 Å². The molecule has 0 bridgehead atoms. The predicted molar refractivity (Wildman–Crippen MR) is 106 cm³/mol. The molecule has 2 rings (SSSR count). The molecule has 0 radical (unpaired) electrons. The molecule has 142 valence electrons. The molecule has 0 atom stereocenters. The molecule has 1 N–H and O–H groups in total. The van der Waals surface area contributed by atoms with Gasteiger partial charge in [-0.2, -0.15) is 10.4 Å². The third-order valence-electron chi connectivity index (χ3n) is 4.11. The number of nitrogens with zero attached hydrogens (tertiary/aromatic N) is 3. The van der Waals surface area contributed by atoms with Crippen LogP contribution < -0.4 is 5.32 Å². The summed E-state index contributed by atoms with van der Waals surface area (Å²) in [4.78, 5) is 12.2. The van der Waals surface area contributed by atoms with E-state index in [0.717, 1.165) is 16.8 Å². The first-order valence-electron chi connectivity index (χ1n) is 8.60. The van der Waals surface area contributed by atoms with E-state index in [4.69, 9.17) is 16.3 Å². The minimum atomic E-state index is -0.441. The quantitative estimate of drug-likeness (QED) is 0.448. The predicted octanol–water partition coefficient (Wildman–Crippen LogP) is 3.51. The van der Waals surface area contributed by atoms with Crippen LogP contribution >= 0.6 is 11.6 Å². The van der Waals surface area contributed by atoms with Crippen LogP contribution in [0.2, 0.25) is 5.15 Å². The smallest absolute Gasteiger partial charge is 0.261 e. The van der Waals surface area contributed by atoms with Crippen molar-refractivity contribution in [2.24, 2.45) is 0 Å². The number of hydrogen-bond donors (Lipinski definition) is 1. The number of benzene rings is 1. The molecule has 0 saturated heterocycles. The molecule has 1 aromatic carbocycles. The van der Waals surface area contributed by atoms with Crippen molar-refractivity contribution in [3.8, 4) is 11.8 Å². The molecule has 0 fully saturated rings. The van der Waals surface area contributed by atoms with E-state index in [9.17, 15) is 10.1 Å². The van der Waals surface area contributed by atoms with Crippen LogP contribution in [-0.2, 0) is 9.53 Å². The van der Waals surface area contributed by atoms with E-state index in [1.807, 2.05) is 38.1 Å². The molecule has 27 heavy (non-hydrogen) atoms. The highest BCUT2D eigenvalue weighted by Gasteiger charge is 2.17. The van der Waals surface area contributed by atoms with Crippen LogP contribution in [0, 0.1) is 32.1 Å². The summed E-state index contributed by atoms with van der Waals surface area (Å²) in [6, 6.07) is 7.95. The Morgan fingerprint density at radius 3 is 2.81 bits per heavy atom. The molecule has 0 aliphatic carbocycles. The Morgan fingerprint density at radius 2 is 2.15 bits per heavy atom. The summed E-state index contributed by atoms with van der Waals surface area (Å²) in [7, 11) is 1.60. The number of carbonyl (C=O) groups is 1. The monoisotopic (exact) mass is 386 g/mol. The molecule has 1 amide bonds. The van der Waals surface area contributed by atoms with Gasteiger partial charge in [0.25, 0.3) is 5.91 Å². The Morgan fingerprint density at radius 1 is 1.41 bits per heavy atom. The fourth-order valence-electron chi connectivity index (χ4n) is 2.59. The normalized spacial score (nSPS) is 11.3. The average molecular weight is 387 g/mol. The van der Waals surface area contributed by atoms with Crippen LogP contribution in [0.4, 0.5) is 0 Å². The maximum atomic E-state index is 12.2. The first kappa shape index (κ1) is 20.7. The summed E-state index contributed by atoms with van der Waals surface area (Å²) < 4.78 is 6.58. The lowest BCUT2D eigenvalue weighted by Crippen LogP contribution is -2.26. The van der Waals surface area contributed by atoms with Crippen LogP contribution in [0.3, 0.4) is 0 Å². The number of halogens is 1. The molecular weight excluding hydrogens is 364 g/mol. The van der Waals surface area contributed by atoms with E-state index in [-0.39, 0.29) is 5.57 Å². The lowest BCUT2D eigenvalue weighted by molar-refractivity contribution is -0.117. The number of carbonyl (C=O) groups excluding carboxylic acids is 1. The molecule has 0 aliphatic rings. The maximum absolute atomic E-state index is 12.2. The molecule has 0 aliphatic heterocycles. The van der Waals surface area contributed by atoms with E-state index in [1.54, 1.807) is 18.7 Å². The lowest BCUT2D eigenvalue weighted by atomic mass is 10.1. The zero-order valence-corrected chi connectivity index (χ0v) is 16.7. The van der Waals surface area contributed by atoms with Gasteiger partial charge in [0.05, 0.1) is 11.4 Å². The highest BCUT2D eigenvalue weighted by Crippen LogP contribution is 2.27. The summed E-state index contributed by atoms with van der Waals surface area (Å²) in [6.45, 7) is 6.74. The molecule has 7 heteroatoms. The third-order valence-corrected chi connectivity index (χ3v) is 4.47. The Kier molecular flexibility index (Phi) is 7.17. The number of nitrogens with one attached hydrogen (secondary N) is 1. The molecule has 0 unspecified atom stereocenters. The number of nitriles is 1. The minimum Gasteiger partial charge on any atom is -0.385 e. The highest BCUT2D eigenvalue weighted by atomic mass is 35.5. The summed E-state index contributed by atoms with van der Waals surface area (Å²) in [6.07, 6.45) is 2.16. The second-order valence-electron chi connectivity index (χ2n) is 6.26. The van der Waals surface area contributed by atoms with Crippen molar-refractivity contribution in [3.63, 3.8) is 0 Å². The maximum Gasteiger partial charge on any atom is 0.261 e. The van der Waals surface area contributed by atoms with Crippen molar-refractivity contribution in [3.05, 3.63) is 51.3 Å². The molecule has 2 aromatic rings. The number of ether oxygens (including phenoxy) is 1. The third kappa shape index (κ3) is 4.97. The van der Waals surface area contributed by atoms with E-state index in [0.29, 0.717) is 36.0 Å². The van der Waals surface area contributed by atoms with Gasteiger partial charge in [-0.3, -0.25) is 4.79 Å². The Hall–Kier alpha value is -2.62. The van der Waals surface area contributed by atoms with Crippen molar-refractivity contribution in [1.82, 2.24) is 15.1 Å². The molecule has 0 saturated carbocycles. The zero-order valence-electron chi connectivity index (χ0n) is 16.0. The average Bonchev–Trinajstić information content (AvgIpc) is 2.92. The summed E-state index contributed by atoms with van der Waals surface area (Å²) in [5.74, 6) is -0.441. The van der Waals surface area contributed by atoms with Crippen molar-refractivity contribution in [2.75, 3.05) is 20.3 Å². The SMILES string of the molecule is COCCCNC(=O)/C(C#N)=C/c1c(C)nn(-c2cc(C)ccc2C)c1Cl. The van der Waals surface area contributed by atoms with Crippen LogP contribution in [0.1, 0.15) is 28.8 Å². The standard InChI is InChI=1S/C20H23ClN4O2/c1-13-6-7-14(2)18(10-13)25-19(21)17(15(3)24-25)11-16(12-22)20(26)23-8-5-9-27-4/h6-7,10-11H,5,8-9H2,1-4H3,(H,23,26)/b16-11+. The first-order valence-corrected chi connectivity index (χ1v) is 8.98. The first-order chi connectivity index (χ1) is 12.9. The highest BCUT2D eigenvalue weighted by molar-refractivity contribution is 6.31. The molecule has 0 spiro atoms. The second-order valence-corrected chi connectivity index (χ2v) is 6.62. The molecule has 1 heterocycles. The number of aryl methyl sites for hydroxylation is 3. The van der Waals surface area contributed by atoms with Crippen molar-refractivity contribution in [1.29, 1.82) is 5.26 Å². The van der Waals surface area contributed by atoms with Gasteiger partial charge in [0.2, 0.25) is 0 Å².